The van der Waals surface area contributed by atoms with Crippen LogP contribution >= 0.6 is 15.9 Å². The molecule has 0 aromatic rings. The summed E-state index contributed by atoms with van der Waals surface area (Å²) < 4.78 is 1.04. The van der Waals surface area contributed by atoms with Crippen LogP contribution in [0.1, 0.15) is 20.3 Å². The van der Waals surface area contributed by atoms with Crippen LogP contribution in [0.15, 0.2) is 11.1 Å². The van der Waals surface area contributed by atoms with E-state index in [1.807, 2.05) is 0 Å². The number of halogens is 1. The van der Waals surface area contributed by atoms with E-state index in [1.54, 1.807) is 0 Å². The van der Waals surface area contributed by atoms with E-state index in [0.29, 0.717) is 11.5 Å². The maximum Gasteiger partial charge on any atom is 0.0268 e. The second-order valence-electron chi connectivity index (χ2n) is 3.64. The molecule has 0 aromatic heterocycles. The molecule has 0 aromatic carbocycles. The lowest BCUT2D eigenvalue weighted by Crippen LogP contribution is -2.21. The molecular weight excluding hydrogens is 190 g/mol. The minimum Gasteiger partial charge on any atom is -0.309 e. The third kappa shape index (κ3) is 2.10. The first kappa shape index (κ1) is 8.28. The molecule has 10 heavy (non-hydrogen) atoms. The van der Waals surface area contributed by atoms with Gasteiger partial charge in [-0.3, -0.25) is 0 Å². The van der Waals surface area contributed by atoms with Gasteiger partial charge < -0.3 is 5.32 Å². The molecule has 1 fully saturated rings. The lowest BCUT2D eigenvalue weighted by molar-refractivity contribution is 0.561. The number of rotatable bonds is 3. The van der Waals surface area contributed by atoms with E-state index in [2.05, 4.69) is 41.7 Å². The molecule has 1 aliphatic carbocycles. The van der Waals surface area contributed by atoms with Crippen LogP contribution in [0.2, 0.25) is 0 Å². The summed E-state index contributed by atoms with van der Waals surface area (Å²) in [5.74, 6) is 0. The van der Waals surface area contributed by atoms with Gasteiger partial charge in [-0.1, -0.05) is 36.4 Å². The Balaban J connectivity index is 2.13. The fourth-order valence-corrected chi connectivity index (χ4v) is 1.21. The van der Waals surface area contributed by atoms with Crippen LogP contribution in [0.3, 0.4) is 0 Å². The third-order valence-corrected chi connectivity index (χ3v) is 2.33. The van der Waals surface area contributed by atoms with Gasteiger partial charge in [0.2, 0.25) is 0 Å². The summed E-state index contributed by atoms with van der Waals surface area (Å²) >= 11 is 3.31. The predicted octanol–water partition coefficient (Wildman–Crippen LogP) is 2.28. The SMILES string of the molecule is C=C(Br)CNC1CC1(C)C. The Labute approximate surface area is 71.0 Å². The lowest BCUT2D eigenvalue weighted by Gasteiger charge is -2.04. The molecule has 0 amide bonds. The molecule has 0 radical (unpaired) electrons. The molecule has 1 aliphatic rings. The Morgan fingerprint density at radius 1 is 1.80 bits per heavy atom. The molecule has 1 rings (SSSR count). The molecule has 1 saturated carbocycles. The summed E-state index contributed by atoms with van der Waals surface area (Å²) in [6.45, 7) is 9.21. The Hall–Kier alpha value is 0.180. The van der Waals surface area contributed by atoms with Crippen LogP contribution in [-0.2, 0) is 0 Å². The molecule has 2 heteroatoms. The normalized spacial score (nSPS) is 28.1. The molecule has 0 saturated heterocycles. The van der Waals surface area contributed by atoms with Gasteiger partial charge in [0, 0.05) is 17.1 Å². The number of nitrogens with one attached hydrogen (secondary N) is 1. The van der Waals surface area contributed by atoms with Crippen molar-refractivity contribution in [2.75, 3.05) is 6.54 Å². The minimum atomic E-state index is 0.530. The standard InChI is InChI=1S/C8H14BrN/c1-6(9)5-10-7-4-8(7,2)3/h7,10H,1,4-5H2,2-3H3. The van der Waals surface area contributed by atoms with E-state index in [4.69, 9.17) is 0 Å². The molecule has 1 atom stereocenters. The molecule has 0 spiro atoms. The highest BCUT2D eigenvalue weighted by Gasteiger charge is 2.44. The molecule has 58 valence electrons. The maximum atomic E-state index is 3.76. The Kier molecular flexibility index (Phi) is 2.21. The van der Waals surface area contributed by atoms with E-state index < -0.39 is 0 Å². The average Bonchev–Trinajstić information content (AvgIpc) is 2.35. The molecule has 0 aliphatic heterocycles. The van der Waals surface area contributed by atoms with Crippen molar-refractivity contribution in [3.05, 3.63) is 11.1 Å². The summed E-state index contributed by atoms with van der Waals surface area (Å²) in [6.07, 6.45) is 1.30. The van der Waals surface area contributed by atoms with Crippen LogP contribution in [0.4, 0.5) is 0 Å². The van der Waals surface area contributed by atoms with E-state index >= 15 is 0 Å². The monoisotopic (exact) mass is 203 g/mol. The zero-order chi connectivity index (χ0) is 7.78. The van der Waals surface area contributed by atoms with Gasteiger partial charge in [0.25, 0.3) is 0 Å². The fourth-order valence-electron chi connectivity index (χ4n) is 1.05. The van der Waals surface area contributed by atoms with Crippen molar-refractivity contribution in [2.24, 2.45) is 5.41 Å². The van der Waals surface area contributed by atoms with Gasteiger partial charge in [-0.25, -0.2) is 0 Å². The molecule has 0 heterocycles. The predicted molar refractivity (Wildman–Crippen MR) is 48.3 cm³/mol. The highest BCUT2D eigenvalue weighted by atomic mass is 79.9. The van der Waals surface area contributed by atoms with E-state index in [0.717, 1.165) is 11.0 Å². The minimum absolute atomic E-state index is 0.530. The van der Waals surface area contributed by atoms with Gasteiger partial charge in [-0.15, -0.1) is 0 Å². The van der Waals surface area contributed by atoms with Crippen LogP contribution < -0.4 is 5.32 Å². The van der Waals surface area contributed by atoms with Crippen LogP contribution in [0, 0.1) is 5.41 Å². The van der Waals surface area contributed by atoms with Crippen molar-refractivity contribution in [1.29, 1.82) is 0 Å². The maximum absolute atomic E-state index is 3.76. The zero-order valence-electron chi connectivity index (χ0n) is 6.58. The van der Waals surface area contributed by atoms with E-state index in [1.165, 1.54) is 6.42 Å². The van der Waals surface area contributed by atoms with Crippen molar-refractivity contribution in [3.8, 4) is 0 Å². The van der Waals surface area contributed by atoms with Crippen LogP contribution in [-0.4, -0.2) is 12.6 Å². The summed E-state index contributed by atoms with van der Waals surface area (Å²) in [5.41, 5.74) is 0.530. The second kappa shape index (κ2) is 2.67. The number of hydrogen-bond acceptors (Lipinski definition) is 1. The number of hydrogen-bond donors (Lipinski definition) is 1. The summed E-state index contributed by atoms with van der Waals surface area (Å²) in [5, 5.41) is 3.40. The van der Waals surface area contributed by atoms with Gasteiger partial charge in [-0.2, -0.15) is 0 Å². The van der Waals surface area contributed by atoms with Gasteiger partial charge in [0.05, 0.1) is 0 Å². The molecule has 0 bridgehead atoms. The van der Waals surface area contributed by atoms with Gasteiger partial charge in [0.1, 0.15) is 0 Å². The van der Waals surface area contributed by atoms with Crippen molar-refractivity contribution >= 4 is 15.9 Å². The Morgan fingerprint density at radius 2 is 2.30 bits per heavy atom. The molecule has 1 unspecified atom stereocenters. The highest BCUT2D eigenvalue weighted by Crippen LogP contribution is 2.44. The average molecular weight is 204 g/mol. The van der Waals surface area contributed by atoms with Crippen LogP contribution in [0.5, 0.6) is 0 Å². The van der Waals surface area contributed by atoms with Crippen molar-refractivity contribution in [3.63, 3.8) is 0 Å². The van der Waals surface area contributed by atoms with E-state index in [9.17, 15) is 0 Å². The topological polar surface area (TPSA) is 12.0 Å². The Bertz CT molecular complexity index is 151. The first-order valence-electron chi connectivity index (χ1n) is 3.59. The van der Waals surface area contributed by atoms with Gasteiger partial charge >= 0.3 is 0 Å². The molecular formula is C8H14BrN. The fraction of sp³-hybridized carbons (Fsp3) is 0.750. The highest BCUT2D eigenvalue weighted by molar-refractivity contribution is 9.11. The van der Waals surface area contributed by atoms with Crippen LogP contribution in [0.25, 0.3) is 0 Å². The second-order valence-corrected chi connectivity index (χ2v) is 4.76. The first-order valence-corrected chi connectivity index (χ1v) is 4.38. The summed E-state index contributed by atoms with van der Waals surface area (Å²) in [6, 6.07) is 0.710. The third-order valence-electron chi connectivity index (χ3n) is 2.05. The molecule has 1 N–H and O–H groups in total. The first-order chi connectivity index (χ1) is 4.52. The lowest BCUT2D eigenvalue weighted by atomic mass is 10.2. The quantitative estimate of drug-likeness (QED) is 0.743. The summed E-state index contributed by atoms with van der Waals surface area (Å²) in [4.78, 5) is 0. The van der Waals surface area contributed by atoms with E-state index in [-0.39, 0.29) is 0 Å². The largest absolute Gasteiger partial charge is 0.309 e. The van der Waals surface area contributed by atoms with Crippen molar-refractivity contribution in [2.45, 2.75) is 26.3 Å². The summed E-state index contributed by atoms with van der Waals surface area (Å²) in [7, 11) is 0. The smallest absolute Gasteiger partial charge is 0.0268 e. The van der Waals surface area contributed by atoms with Crippen molar-refractivity contribution < 1.29 is 0 Å². The van der Waals surface area contributed by atoms with Gasteiger partial charge in [0.15, 0.2) is 0 Å². The van der Waals surface area contributed by atoms with Gasteiger partial charge in [-0.05, 0) is 11.8 Å². The zero-order valence-corrected chi connectivity index (χ0v) is 8.16. The van der Waals surface area contributed by atoms with Crippen molar-refractivity contribution in [1.82, 2.24) is 5.32 Å². The molecule has 1 nitrogen and oxygen atoms in total. The Morgan fingerprint density at radius 3 is 2.60 bits per heavy atom.